The fourth-order valence-electron chi connectivity index (χ4n) is 4.56. The maximum atomic E-state index is 11.9. The van der Waals surface area contributed by atoms with Gasteiger partial charge in [-0.3, -0.25) is 9.35 Å². The average molecular weight is 585 g/mol. The number of aliphatic hydroxyl groups excluding tert-OH is 4. The van der Waals surface area contributed by atoms with E-state index >= 15 is 0 Å². The lowest BCUT2D eigenvalue weighted by atomic mass is 10.00. The number of carbonyl (C=O) groups excluding carboxylic acids is 1. The van der Waals surface area contributed by atoms with Crippen molar-refractivity contribution in [3.63, 3.8) is 0 Å². The van der Waals surface area contributed by atoms with E-state index < -0.39 is 65.3 Å². The lowest BCUT2D eigenvalue weighted by molar-refractivity contribution is -0.296. The Balaban J connectivity index is 2.05. The third-order valence-electron chi connectivity index (χ3n) is 6.92. The van der Waals surface area contributed by atoms with Gasteiger partial charge in [-0.05, 0) is 6.42 Å². The lowest BCUT2D eigenvalue weighted by Gasteiger charge is -2.40. The Kier molecular flexibility index (Phi) is 19.4. The van der Waals surface area contributed by atoms with E-state index in [1.54, 1.807) is 0 Å². The minimum atomic E-state index is -4.53. The van der Waals surface area contributed by atoms with Crippen molar-refractivity contribution >= 4 is 16.1 Å². The smallest absolute Gasteiger partial charge is 0.305 e. The summed E-state index contributed by atoms with van der Waals surface area (Å²) in [6.07, 6.45) is 9.05. The Morgan fingerprint density at radius 2 is 1.26 bits per heavy atom. The second-order valence-corrected chi connectivity index (χ2v) is 12.1. The van der Waals surface area contributed by atoms with E-state index in [0.717, 1.165) is 19.3 Å². The molecule has 0 bridgehead atoms. The Morgan fingerprint density at radius 1 is 0.769 bits per heavy atom. The summed E-state index contributed by atoms with van der Waals surface area (Å²) in [4.78, 5) is 11.9. The molecule has 0 aromatic heterocycles. The van der Waals surface area contributed by atoms with Gasteiger partial charge in [-0.1, -0.05) is 96.8 Å². The molecule has 6 atom stereocenters. The van der Waals surface area contributed by atoms with Crippen LogP contribution in [0.15, 0.2) is 0 Å². The van der Waals surface area contributed by atoms with Gasteiger partial charge in [0.2, 0.25) is 0 Å². The van der Waals surface area contributed by atoms with E-state index in [2.05, 4.69) is 6.92 Å². The quantitative estimate of drug-likeness (QED) is 0.0677. The highest BCUT2D eigenvalue weighted by atomic mass is 32.2. The third kappa shape index (κ3) is 17.5. The van der Waals surface area contributed by atoms with Crippen molar-refractivity contribution in [3.8, 4) is 0 Å². The number of hydrogen-bond acceptors (Lipinski definition) is 10. The monoisotopic (exact) mass is 584 g/mol. The van der Waals surface area contributed by atoms with Crippen LogP contribution in [0.1, 0.15) is 110 Å². The maximum Gasteiger partial charge on any atom is 0.305 e. The highest BCUT2D eigenvalue weighted by molar-refractivity contribution is 7.85. The zero-order chi connectivity index (χ0) is 29.1. The molecular formula is C27H52O11S. The van der Waals surface area contributed by atoms with Gasteiger partial charge >= 0.3 is 5.97 Å². The van der Waals surface area contributed by atoms with Gasteiger partial charge in [-0.25, -0.2) is 0 Å². The fourth-order valence-corrected chi connectivity index (χ4v) is 5.25. The molecule has 1 aliphatic rings. The molecule has 0 saturated carbocycles. The van der Waals surface area contributed by atoms with Crippen LogP contribution in [0.3, 0.4) is 0 Å². The molecule has 0 amide bonds. The minimum absolute atomic E-state index is 0.248. The molecule has 39 heavy (non-hydrogen) atoms. The molecule has 0 spiro atoms. The van der Waals surface area contributed by atoms with E-state index in [1.165, 1.54) is 70.6 Å². The highest BCUT2D eigenvalue weighted by Gasteiger charge is 2.45. The van der Waals surface area contributed by atoms with Crippen LogP contribution < -0.4 is 0 Å². The molecule has 0 aromatic rings. The largest absolute Gasteiger partial charge is 0.463 e. The molecule has 1 rings (SSSR count). The first-order valence-corrected chi connectivity index (χ1v) is 16.3. The summed E-state index contributed by atoms with van der Waals surface area (Å²) in [5.74, 6) is -1.46. The van der Waals surface area contributed by atoms with E-state index in [-0.39, 0.29) is 13.0 Å². The number of ether oxygens (including phenoxy) is 3. The number of rotatable bonds is 23. The van der Waals surface area contributed by atoms with Gasteiger partial charge in [0.1, 0.15) is 42.9 Å². The van der Waals surface area contributed by atoms with Crippen LogP contribution in [0.5, 0.6) is 0 Å². The van der Waals surface area contributed by atoms with Crippen molar-refractivity contribution in [1.29, 1.82) is 0 Å². The van der Waals surface area contributed by atoms with E-state index in [0.29, 0.717) is 6.42 Å². The lowest BCUT2D eigenvalue weighted by Crippen LogP contribution is -2.60. The van der Waals surface area contributed by atoms with Crippen LogP contribution in [-0.2, 0) is 29.1 Å². The zero-order valence-corrected chi connectivity index (χ0v) is 24.3. The van der Waals surface area contributed by atoms with Gasteiger partial charge in [0.15, 0.2) is 6.29 Å². The molecule has 2 unspecified atom stereocenters. The fraction of sp³-hybridized carbons (Fsp3) is 0.963. The van der Waals surface area contributed by atoms with Gasteiger partial charge < -0.3 is 34.6 Å². The first kappa shape index (κ1) is 36.2. The van der Waals surface area contributed by atoms with Gasteiger partial charge in [0.25, 0.3) is 10.1 Å². The Morgan fingerprint density at radius 3 is 1.74 bits per heavy atom. The molecule has 11 nitrogen and oxygen atoms in total. The number of hydrogen-bond donors (Lipinski definition) is 5. The van der Waals surface area contributed by atoms with Crippen LogP contribution in [0.4, 0.5) is 0 Å². The number of unbranched alkanes of at least 4 members (excludes halogenated alkanes) is 14. The van der Waals surface area contributed by atoms with Gasteiger partial charge in [0.05, 0.1) is 6.61 Å². The van der Waals surface area contributed by atoms with Crippen LogP contribution in [0.25, 0.3) is 0 Å². The first-order valence-electron chi connectivity index (χ1n) is 14.6. The standard InChI is InChI=1S/C27H52O11S/c1-2-3-4-5-6-7-8-9-10-11-12-13-14-15-16-17-23(29)36-18-21(28)19-37-27-26(32)25(31)24(30)22(38-27)20-39(33,34)35/h21-22,24-28,30-32H,2-20H2,1H3,(H,33,34,35)/t21?,22-,24-,25+,26+,27?/m1/s1. The van der Waals surface area contributed by atoms with Gasteiger partial charge in [-0.2, -0.15) is 8.42 Å². The maximum absolute atomic E-state index is 11.9. The predicted octanol–water partition coefficient (Wildman–Crippen LogP) is 2.86. The Bertz CT molecular complexity index is 733. The molecule has 1 heterocycles. The molecule has 0 radical (unpaired) electrons. The molecule has 1 aliphatic heterocycles. The second kappa shape index (κ2) is 20.9. The SMILES string of the molecule is CCCCCCCCCCCCCCCCCC(=O)OCC(O)COC1O[C@H](CS(=O)(=O)O)[C@@H](O)[C@H](O)[C@@H]1O. The molecular weight excluding hydrogens is 532 g/mol. The molecule has 1 fully saturated rings. The molecule has 5 N–H and O–H groups in total. The van der Waals surface area contributed by atoms with Crippen LogP contribution in [0, 0.1) is 0 Å². The van der Waals surface area contributed by atoms with Crippen molar-refractivity contribution < 1.29 is 52.4 Å². The molecule has 12 heteroatoms. The van der Waals surface area contributed by atoms with Crippen molar-refractivity contribution in [2.75, 3.05) is 19.0 Å². The summed E-state index contributed by atoms with van der Waals surface area (Å²) < 4.78 is 46.4. The Labute approximate surface area is 234 Å². The number of esters is 1. The highest BCUT2D eigenvalue weighted by Crippen LogP contribution is 2.23. The molecule has 0 aromatic carbocycles. The number of aliphatic hydroxyl groups is 4. The first-order chi connectivity index (χ1) is 18.5. The molecule has 232 valence electrons. The minimum Gasteiger partial charge on any atom is -0.463 e. The summed E-state index contributed by atoms with van der Waals surface area (Å²) in [6, 6.07) is 0. The zero-order valence-electron chi connectivity index (χ0n) is 23.5. The molecule has 0 aliphatic carbocycles. The number of carbonyl (C=O) groups is 1. The van der Waals surface area contributed by atoms with Crippen molar-refractivity contribution in [2.24, 2.45) is 0 Å². The van der Waals surface area contributed by atoms with E-state index in [1.807, 2.05) is 0 Å². The summed E-state index contributed by atoms with van der Waals surface area (Å²) in [6.45, 7) is 1.45. The van der Waals surface area contributed by atoms with E-state index in [9.17, 15) is 33.6 Å². The van der Waals surface area contributed by atoms with Gasteiger partial charge in [0, 0.05) is 6.42 Å². The average Bonchev–Trinajstić information content (AvgIpc) is 2.88. The summed E-state index contributed by atoms with van der Waals surface area (Å²) >= 11 is 0. The van der Waals surface area contributed by atoms with E-state index in [4.69, 9.17) is 18.8 Å². The summed E-state index contributed by atoms with van der Waals surface area (Å²) in [5.41, 5.74) is 0. The summed E-state index contributed by atoms with van der Waals surface area (Å²) in [7, 11) is -4.53. The van der Waals surface area contributed by atoms with Crippen LogP contribution >= 0.6 is 0 Å². The Hall–Kier alpha value is -0.860. The summed E-state index contributed by atoms with van der Waals surface area (Å²) in [5, 5.41) is 39.7. The van der Waals surface area contributed by atoms with Crippen LogP contribution in [-0.4, -0.2) is 95.1 Å². The molecule has 1 saturated heterocycles. The topological polar surface area (TPSA) is 180 Å². The predicted molar refractivity (Wildman–Crippen MR) is 146 cm³/mol. The van der Waals surface area contributed by atoms with Crippen molar-refractivity contribution in [3.05, 3.63) is 0 Å². The van der Waals surface area contributed by atoms with Crippen LogP contribution in [0.2, 0.25) is 0 Å². The van der Waals surface area contributed by atoms with Gasteiger partial charge in [-0.15, -0.1) is 0 Å². The normalized spacial score (nSPS) is 24.5. The van der Waals surface area contributed by atoms with Crippen molar-refractivity contribution in [1.82, 2.24) is 0 Å². The third-order valence-corrected chi connectivity index (χ3v) is 7.67. The van der Waals surface area contributed by atoms with Crippen molar-refractivity contribution in [2.45, 2.75) is 146 Å². The second-order valence-electron chi connectivity index (χ2n) is 10.6.